The van der Waals surface area contributed by atoms with Crippen LogP contribution in [0.3, 0.4) is 0 Å². The third-order valence-corrected chi connectivity index (χ3v) is 4.62. The number of fused-ring (bicyclic) bond motifs is 1. The molecular weight excluding hydrogens is 354 g/mol. The fraction of sp³-hybridized carbons (Fsp3) is 0.348. The monoisotopic (exact) mass is 385 g/mol. The third-order valence-electron chi connectivity index (χ3n) is 3.66. The number of nitrogens with one attached hydrogen (secondary N) is 1. The first-order valence-electron chi connectivity index (χ1n) is 9.66. The molecule has 0 bridgehead atoms. The van der Waals surface area contributed by atoms with E-state index < -0.39 is 0 Å². The van der Waals surface area contributed by atoms with E-state index >= 15 is 0 Å². The van der Waals surface area contributed by atoms with Crippen LogP contribution in [0.5, 0.6) is 5.75 Å². The van der Waals surface area contributed by atoms with Crippen molar-refractivity contribution >= 4 is 28.0 Å². The second-order valence-electron chi connectivity index (χ2n) is 5.37. The molecule has 0 radical (unpaired) electrons. The lowest BCUT2D eigenvalue weighted by Crippen LogP contribution is -2.23. The van der Waals surface area contributed by atoms with Crippen LogP contribution in [0, 0.1) is 0 Å². The van der Waals surface area contributed by atoms with Crippen LogP contribution in [0.15, 0.2) is 60.0 Å². The average molecular weight is 386 g/mol. The number of ether oxygens (including phenoxy) is 1. The van der Waals surface area contributed by atoms with Crippen molar-refractivity contribution < 1.29 is 9.53 Å². The Balaban J connectivity index is 0.000000855. The average Bonchev–Trinajstić information content (AvgIpc) is 3.25. The summed E-state index contributed by atoms with van der Waals surface area (Å²) in [6.07, 6.45) is 0.677. The van der Waals surface area contributed by atoms with E-state index in [0.29, 0.717) is 6.54 Å². The van der Waals surface area contributed by atoms with Gasteiger partial charge in [-0.15, -0.1) is 11.3 Å². The van der Waals surface area contributed by atoms with E-state index in [1.165, 1.54) is 11.8 Å². The van der Waals surface area contributed by atoms with E-state index in [1.807, 2.05) is 63.4 Å². The fourth-order valence-electron chi connectivity index (χ4n) is 2.56. The standard InChI is InChI=1S/C19H19NO2S.2C2H6/c1-14(21)20-12-11-18(19-10-5-13-23-19)22-17-9-4-7-15-6-2-3-8-16(15)17;2*1-2/h2-10,13,18H,11-12H2,1H3,(H,20,21);2*1-2H3/t18-;;/m0../s1. The molecule has 3 rings (SSSR count). The minimum absolute atomic E-state index is 0.0138. The van der Waals surface area contributed by atoms with Gasteiger partial charge in [0.05, 0.1) is 0 Å². The van der Waals surface area contributed by atoms with E-state index in [-0.39, 0.29) is 12.0 Å². The summed E-state index contributed by atoms with van der Waals surface area (Å²) in [5.74, 6) is 0.865. The van der Waals surface area contributed by atoms with E-state index in [0.717, 1.165) is 22.9 Å². The first-order chi connectivity index (χ1) is 13.2. The van der Waals surface area contributed by atoms with Crippen LogP contribution < -0.4 is 10.1 Å². The quantitative estimate of drug-likeness (QED) is 0.519. The summed E-state index contributed by atoms with van der Waals surface area (Å²) in [6, 6.07) is 18.4. The second kappa shape index (κ2) is 12.9. The maximum absolute atomic E-state index is 11.1. The molecule has 0 unspecified atom stereocenters. The number of hydrogen-bond acceptors (Lipinski definition) is 3. The molecule has 4 heteroatoms. The summed E-state index contributed by atoms with van der Waals surface area (Å²) in [6.45, 7) is 10.1. The molecule has 0 aliphatic heterocycles. The SMILES string of the molecule is CC.CC.CC(=O)NCC[C@H](Oc1cccc2ccccc12)c1cccs1. The Bertz CT molecular complexity index is 779. The highest BCUT2D eigenvalue weighted by Gasteiger charge is 2.16. The van der Waals surface area contributed by atoms with Gasteiger partial charge in [-0.25, -0.2) is 0 Å². The largest absolute Gasteiger partial charge is 0.484 e. The summed E-state index contributed by atoms with van der Waals surface area (Å²) >= 11 is 1.68. The Morgan fingerprint density at radius 1 is 1.00 bits per heavy atom. The van der Waals surface area contributed by atoms with Gasteiger partial charge >= 0.3 is 0 Å². The number of rotatable bonds is 6. The molecule has 1 N–H and O–H groups in total. The molecule has 1 amide bonds. The predicted molar refractivity (Wildman–Crippen MR) is 118 cm³/mol. The van der Waals surface area contributed by atoms with Gasteiger partial charge in [-0.1, -0.05) is 70.2 Å². The van der Waals surface area contributed by atoms with Crippen LogP contribution in [0.2, 0.25) is 0 Å². The smallest absolute Gasteiger partial charge is 0.216 e. The highest BCUT2D eigenvalue weighted by atomic mass is 32.1. The lowest BCUT2D eigenvalue weighted by molar-refractivity contribution is -0.119. The van der Waals surface area contributed by atoms with Crippen molar-refractivity contribution in [1.82, 2.24) is 5.32 Å². The van der Waals surface area contributed by atoms with Gasteiger partial charge < -0.3 is 10.1 Å². The van der Waals surface area contributed by atoms with Gasteiger partial charge in [-0.2, -0.15) is 0 Å². The maximum atomic E-state index is 11.1. The number of hydrogen-bond donors (Lipinski definition) is 1. The van der Waals surface area contributed by atoms with Crippen molar-refractivity contribution in [1.29, 1.82) is 0 Å². The van der Waals surface area contributed by atoms with Crippen LogP contribution >= 0.6 is 11.3 Å². The van der Waals surface area contributed by atoms with Crippen molar-refractivity contribution in [3.63, 3.8) is 0 Å². The first-order valence-corrected chi connectivity index (χ1v) is 10.5. The molecule has 27 heavy (non-hydrogen) atoms. The van der Waals surface area contributed by atoms with Gasteiger partial charge in [0.15, 0.2) is 0 Å². The zero-order chi connectivity index (χ0) is 20.1. The van der Waals surface area contributed by atoms with Crippen molar-refractivity contribution in [3.8, 4) is 5.75 Å². The zero-order valence-electron chi connectivity index (χ0n) is 17.0. The van der Waals surface area contributed by atoms with Crippen molar-refractivity contribution in [2.75, 3.05) is 6.54 Å². The maximum Gasteiger partial charge on any atom is 0.216 e. The molecule has 0 aliphatic carbocycles. The van der Waals surface area contributed by atoms with Crippen LogP contribution in [0.4, 0.5) is 0 Å². The molecule has 3 nitrogen and oxygen atoms in total. The van der Waals surface area contributed by atoms with Gasteiger partial charge in [0.25, 0.3) is 0 Å². The topological polar surface area (TPSA) is 38.3 Å². The Labute approximate surface area is 167 Å². The van der Waals surface area contributed by atoms with Crippen molar-refractivity contribution in [2.45, 2.75) is 47.1 Å². The van der Waals surface area contributed by atoms with E-state index in [2.05, 4.69) is 29.6 Å². The van der Waals surface area contributed by atoms with Crippen LogP contribution in [0.25, 0.3) is 10.8 Å². The summed E-state index contributed by atoms with van der Waals surface area (Å²) < 4.78 is 6.31. The Hall–Kier alpha value is -2.33. The molecule has 1 aromatic heterocycles. The van der Waals surface area contributed by atoms with Gasteiger partial charge in [-0.05, 0) is 22.9 Å². The second-order valence-corrected chi connectivity index (χ2v) is 6.35. The molecule has 0 spiro atoms. The zero-order valence-corrected chi connectivity index (χ0v) is 17.8. The number of thiophene rings is 1. The highest BCUT2D eigenvalue weighted by Crippen LogP contribution is 2.32. The molecule has 0 aliphatic rings. The molecular formula is C23H31NO2S. The lowest BCUT2D eigenvalue weighted by atomic mass is 10.1. The van der Waals surface area contributed by atoms with Crippen LogP contribution in [-0.2, 0) is 4.79 Å². The number of benzene rings is 2. The predicted octanol–water partition coefficient (Wildman–Crippen LogP) is 6.60. The van der Waals surface area contributed by atoms with Crippen LogP contribution in [0.1, 0.15) is 52.0 Å². The Kier molecular flexibility index (Phi) is 10.9. The van der Waals surface area contributed by atoms with E-state index in [9.17, 15) is 4.79 Å². The Morgan fingerprint density at radius 2 is 1.70 bits per heavy atom. The molecule has 0 fully saturated rings. The summed E-state index contributed by atoms with van der Waals surface area (Å²) in [5.41, 5.74) is 0. The van der Waals surface area contributed by atoms with E-state index in [4.69, 9.17) is 4.74 Å². The fourth-order valence-corrected chi connectivity index (χ4v) is 3.35. The van der Waals surface area contributed by atoms with Crippen molar-refractivity contribution in [2.24, 2.45) is 0 Å². The molecule has 1 heterocycles. The van der Waals surface area contributed by atoms with Crippen LogP contribution in [-0.4, -0.2) is 12.5 Å². The lowest BCUT2D eigenvalue weighted by Gasteiger charge is -2.19. The molecule has 1 atom stereocenters. The summed E-state index contributed by atoms with van der Waals surface area (Å²) in [7, 11) is 0. The molecule has 3 aromatic rings. The Morgan fingerprint density at radius 3 is 2.37 bits per heavy atom. The minimum Gasteiger partial charge on any atom is -0.484 e. The number of amides is 1. The van der Waals surface area contributed by atoms with Gasteiger partial charge in [0.1, 0.15) is 11.9 Å². The molecule has 0 saturated heterocycles. The van der Waals surface area contributed by atoms with E-state index in [1.54, 1.807) is 11.3 Å². The number of carbonyl (C=O) groups excluding carboxylic acids is 1. The normalized spacial score (nSPS) is 10.7. The summed E-state index contributed by atoms with van der Waals surface area (Å²) in [5, 5.41) is 7.17. The third kappa shape index (κ3) is 7.06. The first kappa shape index (κ1) is 22.7. The molecule has 0 saturated carbocycles. The molecule has 2 aromatic carbocycles. The highest BCUT2D eigenvalue weighted by molar-refractivity contribution is 7.10. The van der Waals surface area contributed by atoms with Gasteiger partial charge in [-0.3, -0.25) is 4.79 Å². The summed E-state index contributed by atoms with van der Waals surface area (Å²) in [4.78, 5) is 12.3. The minimum atomic E-state index is -0.0624. The number of carbonyl (C=O) groups is 1. The van der Waals surface area contributed by atoms with Gasteiger partial charge in [0, 0.05) is 30.2 Å². The van der Waals surface area contributed by atoms with Gasteiger partial charge in [0.2, 0.25) is 5.91 Å². The molecule has 146 valence electrons. The van der Waals surface area contributed by atoms with Crippen molar-refractivity contribution in [3.05, 3.63) is 64.9 Å².